The SMILES string of the molecule is CC(C)n1c(O[C@@H]2C[C@H]3C(=O)N[C@]4(C(=O)NS(=O)(=O)N(C)C)C[C@H]4/C=C\CCCCC[C@H](NC(=O)OC(C)(C)C)C(=O)N3C2)nc2c(-c3csc(-c4ccc(F)c(F)c4)n3)cccc21. The first kappa shape index (κ1) is 46.5. The lowest BCUT2D eigenvalue weighted by Gasteiger charge is -2.30. The van der Waals surface area contributed by atoms with Crippen LogP contribution in [-0.2, 0) is 29.3 Å². The Morgan fingerprint density at radius 1 is 1.06 bits per heavy atom. The van der Waals surface area contributed by atoms with Gasteiger partial charge in [0.25, 0.3) is 11.9 Å². The molecule has 4 aromatic rings. The Morgan fingerprint density at radius 3 is 2.53 bits per heavy atom. The molecule has 5 atom stereocenters. The van der Waals surface area contributed by atoms with Crippen LogP contribution < -0.4 is 20.1 Å². The van der Waals surface area contributed by atoms with Crippen molar-refractivity contribution in [1.29, 1.82) is 0 Å². The van der Waals surface area contributed by atoms with E-state index in [0.29, 0.717) is 52.1 Å². The lowest BCUT2D eigenvalue weighted by molar-refractivity contribution is -0.141. The molecule has 0 spiro atoms. The average molecular weight is 925 g/mol. The van der Waals surface area contributed by atoms with Crippen molar-refractivity contribution in [3.63, 3.8) is 0 Å². The standard InChI is InChI=1S/C44H54F2N8O8S2/c1-25(2)54-34-17-13-15-29(33-24-63-38(47-33)26-18-19-30(45)31(46)20-26)36(34)49-41(54)61-28-21-35-37(55)50-44(40(57)51-64(59,60)52(6)7)22-27(44)14-11-9-8-10-12-16-32(39(56)53(35)23-28)48-42(58)62-43(3,4)5/h11,13-15,17-20,24-25,27-28,32,35H,8-10,12,16,21-23H2,1-7H3,(H,48,58)(H,50,55)(H,51,57)/b14-11-/t27-,28-,32+,35+,44-/m1/s1. The molecule has 1 saturated heterocycles. The van der Waals surface area contributed by atoms with E-state index in [-0.39, 0.29) is 37.9 Å². The van der Waals surface area contributed by atoms with Crippen LogP contribution in [0.5, 0.6) is 6.01 Å². The summed E-state index contributed by atoms with van der Waals surface area (Å²) >= 11 is 1.27. The summed E-state index contributed by atoms with van der Waals surface area (Å²) in [6, 6.07) is 6.93. The van der Waals surface area contributed by atoms with Crippen molar-refractivity contribution in [3.8, 4) is 27.8 Å². The molecule has 2 aliphatic heterocycles. The van der Waals surface area contributed by atoms with Crippen molar-refractivity contribution in [2.75, 3.05) is 20.6 Å². The molecule has 20 heteroatoms. The zero-order valence-electron chi connectivity index (χ0n) is 36.8. The van der Waals surface area contributed by atoms with Gasteiger partial charge < -0.3 is 25.0 Å². The van der Waals surface area contributed by atoms with Crippen LogP contribution in [0.1, 0.15) is 85.6 Å². The lowest BCUT2D eigenvalue weighted by atomic mass is 10.0. The number of carbonyl (C=O) groups is 4. The monoisotopic (exact) mass is 924 g/mol. The molecule has 2 fully saturated rings. The van der Waals surface area contributed by atoms with Crippen molar-refractivity contribution in [2.24, 2.45) is 5.92 Å². The number of fused-ring (bicyclic) bond motifs is 3. The van der Waals surface area contributed by atoms with E-state index in [4.69, 9.17) is 19.4 Å². The van der Waals surface area contributed by atoms with Crippen LogP contribution in [0, 0.1) is 17.6 Å². The molecule has 344 valence electrons. The van der Waals surface area contributed by atoms with Crippen LogP contribution in [0.2, 0.25) is 0 Å². The maximum atomic E-state index is 14.7. The Kier molecular flexibility index (Phi) is 13.2. The van der Waals surface area contributed by atoms with Crippen LogP contribution in [0.3, 0.4) is 0 Å². The molecule has 16 nitrogen and oxygen atoms in total. The maximum absolute atomic E-state index is 14.7. The van der Waals surface area contributed by atoms with E-state index in [2.05, 4.69) is 15.4 Å². The second-order valence-corrected chi connectivity index (χ2v) is 20.7. The third kappa shape index (κ3) is 9.92. The Hall–Kier alpha value is -5.47. The quantitative estimate of drug-likeness (QED) is 0.162. The highest BCUT2D eigenvalue weighted by atomic mass is 32.2. The van der Waals surface area contributed by atoms with E-state index in [0.717, 1.165) is 22.9 Å². The van der Waals surface area contributed by atoms with Gasteiger partial charge in [-0.15, -0.1) is 11.3 Å². The highest BCUT2D eigenvalue weighted by Gasteiger charge is 2.62. The normalized spacial score (nSPS) is 23.8. The highest BCUT2D eigenvalue weighted by Crippen LogP contribution is 2.46. The first-order valence-electron chi connectivity index (χ1n) is 21.3. The van der Waals surface area contributed by atoms with E-state index in [1.54, 1.807) is 26.2 Å². The molecule has 1 saturated carbocycles. The number of rotatable bonds is 9. The molecule has 4 heterocycles. The van der Waals surface area contributed by atoms with E-state index >= 15 is 0 Å². The fourth-order valence-corrected chi connectivity index (χ4v) is 9.52. The number of benzene rings is 2. The summed E-state index contributed by atoms with van der Waals surface area (Å²) in [5.74, 6) is -4.60. The molecule has 2 aromatic heterocycles. The summed E-state index contributed by atoms with van der Waals surface area (Å²) in [6.07, 6.45) is 5.16. The molecule has 0 radical (unpaired) electrons. The van der Waals surface area contributed by atoms with Gasteiger partial charge in [0, 0.05) is 49.0 Å². The number of halogens is 2. The number of ether oxygens (including phenoxy) is 2. The first-order valence-corrected chi connectivity index (χ1v) is 23.6. The Balaban J connectivity index is 1.23. The molecule has 64 heavy (non-hydrogen) atoms. The molecule has 0 unspecified atom stereocenters. The van der Waals surface area contributed by atoms with E-state index in [1.807, 2.05) is 48.8 Å². The number of aromatic nitrogens is 3. The zero-order valence-corrected chi connectivity index (χ0v) is 38.4. The van der Waals surface area contributed by atoms with Gasteiger partial charge in [0.2, 0.25) is 11.8 Å². The van der Waals surface area contributed by atoms with Crippen molar-refractivity contribution in [1.82, 2.24) is 39.1 Å². The number of para-hydroxylation sites is 1. The molecular weight excluding hydrogens is 871 g/mol. The summed E-state index contributed by atoms with van der Waals surface area (Å²) in [4.78, 5) is 67.3. The Labute approximate surface area is 375 Å². The summed E-state index contributed by atoms with van der Waals surface area (Å²) < 4.78 is 70.5. The minimum atomic E-state index is -4.22. The molecule has 4 amide bonds. The predicted molar refractivity (Wildman–Crippen MR) is 236 cm³/mol. The fourth-order valence-electron chi connectivity index (χ4n) is 8.11. The van der Waals surface area contributed by atoms with Gasteiger partial charge in [0.1, 0.15) is 39.9 Å². The second-order valence-electron chi connectivity index (χ2n) is 17.9. The molecule has 0 bridgehead atoms. The van der Waals surface area contributed by atoms with Gasteiger partial charge in [-0.05, 0) is 84.6 Å². The van der Waals surface area contributed by atoms with Crippen LogP contribution >= 0.6 is 11.3 Å². The second kappa shape index (κ2) is 18.2. The topological polar surface area (TPSA) is 194 Å². The molecular formula is C44H54F2N8O8S2. The number of nitrogens with one attached hydrogen (secondary N) is 3. The average Bonchev–Trinajstić information content (AvgIpc) is 3.56. The number of hydrogen-bond donors (Lipinski definition) is 3. The van der Waals surface area contributed by atoms with Crippen molar-refractivity contribution < 1.29 is 45.9 Å². The smallest absolute Gasteiger partial charge is 0.408 e. The van der Waals surface area contributed by atoms with Crippen LogP contribution in [0.4, 0.5) is 13.6 Å². The van der Waals surface area contributed by atoms with Crippen LogP contribution in [-0.4, -0.2) is 106 Å². The fraction of sp³-hybridized carbons (Fsp3) is 0.500. The number of carbonyl (C=O) groups excluding carboxylic acids is 4. The predicted octanol–water partition coefficient (Wildman–Crippen LogP) is 6.25. The largest absolute Gasteiger partial charge is 0.459 e. The zero-order chi connectivity index (χ0) is 46.3. The molecule has 3 N–H and O–H groups in total. The molecule has 1 aliphatic carbocycles. The van der Waals surface area contributed by atoms with E-state index in [1.165, 1.54) is 36.4 Å². The number of imidazole rings is 1. The maximum Gasteiger partial charge on any atom is 0.408 e. The molecule has 7 rings (SSSR count). The van der Waals surface area contributed by atoms with E-state index in [9.17, 15) is 36.4 Å². The Morgan fingerprint density at radius 2 is 1.83 bits per heavy atom. The van der Waals surface area contributed by atoms with Gasteiger partial charge in [-0.3, -0.25) is 19.0 Å². The summed E-state index contributed by atoms with van der Waals surface area (Å²) in [6.45, 7) is 8.93. The number of hydrogen-bond acceptors (Lipinski definition) is 11. The third-order valence-corrected chi connectivity index (χ3v) is 13.8. The minimum absolute atomic E-state index is 0.0389. The van der Waals surface area contributed by atoms with Crippen LogP contribution in [0.15, 0.2) is 53.9 Å². The number of alkyl carbamates (subject to hydrolysis) is 1. The lowest BCUT2D eigenvalue weighted by Crippen LogP contribution is -2.58. The minimum Gasteiger partial charge on any atom is -0.459 e. The Bertz CT molecular complexity index is 2590. The van der Waals surface area contributed by atoms with Crippen molar-refractivity contribution in [3.05, 3.63) is 65.6 Å². The van der Waals surface area contributed by atoms with E-state index < -0.39 is 80.9 Å². The van der Waals surface area contributed by atoms with Gasteiger partial charge in [0.05, 0.1) is 17.8 Å². The first-order chi connectivity index (χ1) is 30.2. The summed E-state index contributed by atoms with van der Waals surface area (Å²) in [7, 11) is -1.66. The van der Waals surface area contributed by atoms with Crippen molar-refractivity contribution in [2.45, 2.75) is 115 Å². The molecule has 3 aliphatic rings. The summed E-state index contributed by atoms with van der Waals surface area (Å²) in [5.41, 5.74) is 0.425. The molecule has 2 aromatic carbocycles. The van der Waals surface area contributed by atoms with Gasteiger partial charge in [-0.2, -0.15) is 17.7 Å². The number of thiazole rings is 1. The number of nitrogens with zero attached hydrogens (tertiary/aromatic N) is 5. The van der Waals surface area contributed by atoms with Gasteiger partial charge in [-0.1, -0.05) is 37.1 Å². The van der Waals surface area contributed by atoms with Gasteiger partial charge in [0.15, 0.2) is 11.6 Å². The summed E-state index contributed by atoms with van der Waals surface area (Å²) in [5, 5.41) is 7.87. The van der Waals surface area contributed by atoms with Crippen molar-refractivity contribution >= 4 is 56.4 Å². The third-order valence-electron chi connectivity index (χ3n) is 11.5. The number of amides is 4. The van der Waals surface area contributed by atoms with Gasteiger partial charge in [-0.25, -0.2) is 23.3 Å². The number of allylic oxidation sites excluding steroid dienone is 1. The van der Waals surface area contributed by atoms with Crippen LogP contribution in [0.25, 0.3) is 32.9 Å². The highest BCUT2D eigenvalue weighted by molar-refractivity contribution is 7.87. The van der Waals surface area contributed by atoms with Gasteiger partial charge >= 0.3 is 16.3 Å².